The maximum atomic E-state index is 13.5. The number of aryl methyl sites for hydroxylation is 1. The zero-order valence-corrected chi connectivity index (χ0v) is 22.7. The summed E-state index contributed by atoms with van der Waals surface area (Å²) in [5, 5.41) is 4.04. The Balaban J connectivity index is 1.30. The topological polar surface area (TPSA) is 83.9 Å². The van der Waals surface area contributed by atoms with Crippen LogP contribution in [0.25, 0.3) is 10.9 Å². The number of carbonyl (C=O) groups excluding carboxylic acids is 3. The van der Waals surface area contributed by atoms with Crippen molar-refractivity contribution >= 4 is 34.4 Å². The van der Waals surface area contributed by atoms with E-state index in [0.717, 1.165) is 34.3 Å². The summed E-state index contributed by atoms with van der Waals surface area (Å²) in [5.74, 6) is -0.678. The summed E-state index contributed by atoms with van der Waals surface area (Å²) in [6.45, 7) is 1.04. The van der Waals surface area contributed by atoms with Gasteiger partial charge in [-0.05, 0) is 35.7 Å². The van der Waals surface area contributed by atoms with Gasteiger partial charge in [-0.1, -0.05) is 60.7 Å². The molecule has 0 aliphatic carbocycles. The lowest BCUT2D eigenvalue weighted by Gasteiger charge is -2.46. The second kappa shape index (κ2) is 10.5. The second-order valence-corrected chi connectivity index (χ2v) is 10.4. The highest BCUT2D eigenvalue weighted by Gasteiger charge is 2.42. The first-order valence-electron chi connectivity index (χ1n) is 13.6. The number of nitrogens with zero attached hydrogens (tertiary/aromatic N) is 3. The molecular formula is C32H32N4O4. The first kappa shape index (κ1) is 25.7. The third kappa shape index (κ3) is 4.39. The first-order valence-corrected chi connectivity index (χ1v) is 13.6. The molecule has 0 spiro atoms. The standard InChI is InChI=1S/C32H32N4O4/c1-34-26-14-8-7-13-24(26)31(38)36-18-16-23-22-12-6-9-15-27(22)35(29(23)30(34)36)19-17-28(37)33-25(32(39)40-2)20-21-10-4-3-5-11-21/h3-15,25,30H,16-20H2,1-2H3,(H,33,37)/t25-,30?/m0/s1. The second-order valence-electron chi connectivity index (χ2n) is 10.4. The molecule has 8 heteroatoms. The van der Waals surface area contributed by atoms with E-state index in [1.807, 2.05) is 78.7 Å². The van der Waals surface area contributed by atoms with Crippen LogP contribution in [0.4, 0.5) is 5.69 Å². The molecule has 1 aromatic heterocycles. The van der Waals surface area contributed by atoms with Crippen molar-refractivity contribution in [1.82, 2.24) is 14.8 Å². The largest absolute Gasteiger partial charge is 0.467 e. The quantitative estimate of drug-likeness (QED) is 0.360. The highest BCUT2D eigenvalue weighted by molar-refractivity contribution is 6.02. The van der Waals surface area contributed by atoms with Crippen LogP contribution < -0.4 is 10.2 Å². The summed E-state index contributed by atoms with van der Waals surface area (Å²) in [6, 6.07) is 24.7. The molecule has 2 atom stereocenters. The maximum absolute atomic E-state index is 13.5. The van der Waals surface area contributed by atoms with Crippen LogP contribution >= 0.6 is 0 Å². The van der Waals surface area contributed by atoms with Gasteiger partial charge in [-0.3, -0.25) is 9.59 Å². The molecule has 2 aliphatic rings. The number of esters is 1. The van der Waals surface area contributed by atoms with Gasteiger partial charge in [-0.2, -0.15) is 0 Å². The van der Waals surface area contributed by atoms with Gasteiger partial charge < -0.3 is 24.4 Å². The number of carbonyl (C=O) groups is 3. The number of benzene rings is 3. The van der Waals surface area contributed by atoms with E-state index in [2.05, 4.69) is 26.9 Å². The molecule has 0 bridgehead atoms. The molecule has 0 saturated carbocycles. The molecule has 4 aromatic rings. The summed E-state index contributed by atoms with van der Waals surface area (Å²) in [7, 11) is 3.36. The number of hydrogen-bond donors (Lipinski definition) is 1. The average Bonchev–Trinajstić information content (AvgIpc) is 3.32. The fourth-order valence-electron chi connectivity index (χ4n) is 6.21. The van der Waals surface area contributed by atoms with E-state index in [4.69, 9.17) is 4.74 Å². The van der Waals surface area contributed by atoms with E-state index in [-0.39, 0.29) is 24.4 Å². The van der Waals surface area contributed by atoms with Crippen molar-refractivity contribution in [3.8, 4) is 0 Å². The minimum absolute atomic E-state index is 0.0285. The van der Waals surface area contributed by atoms with Gasteiger partial charge in [-0.15, -0.1) is 0 Å². The van der Waals surface area contributed by atoms with E-state index in [1.54, 1.807) is 0 Å². The number of methoxy groups -OCH3 is 1. The fourth-order valence-corrected chi connectivity index (χ4v) is 6.21. The number of anilines is 1. The molecular weight excluding hydrogens is 504 g/mol. The average molecular weight is 537 g/mol. The molecule has 0 radical (unpaired) electrons. The lowest BCUT2D eigenvalue weighted by Crippen LogP contribution is -2.51. The Morgan fingerprint density at radius 2 is 1.73 bits per heavy atom. The molecule has 2 aliphatic heterocycles. The Labute approximate surface area is 233 Å². The number of rotatable bonds is 7. The molecule has 3 aromatic carbocycles. The number of fused-ring (bicyclic) bond motifs is 6. The molecule has 8 nitrogen and oxygen atoms in total. The lowest BCUT2D eigenvalue weighted by molar-refractivity contribution is -0.145. The van der Waals surface area contributed by atoms with Gasteiger partial charge in [0.25, 0.3) is 5.91 Å². The Hall–Kier alpha value is -4.59. The van der Waals surface area contributed by atoms with Crippen LogP contribution in [0.3, 0.4) is 0 Å². The lowest BCUT2D eigenvalue weighted by atomic mass is 9.96. The molecule has 204 valence electrons. The van der Waals surface area contributed by atoms with Crippen LogP contribution in [0.2, 0.25) is 0 Å². The van der Waals surface area contributed by atoms with Crippen LogP contribution in [0.5, 0.6) is 0 Å². The Morgan fingerprint density at radius 3 is 2.52 bits per heavy atom. The van der Waals surface area contributed by atoms with Crippen LogP contribution in [0, 0.1) is 0 Å². The smallest absolute Gasteiger partial charge is 0.328 e. The van der Waals surface area contributed by atoms with E-state index >= 15 is 0 Å². The zero-order chi connectivity index (χ0) is 27.8. The van der Waals surface area contributed by atoms with Crippen molar-refractivity contribution in [2.45, 2.75) is 38.0 Å². The highest BCUT2D eigenvalue weighted by atomic mass is 16.5. The number of hydrogen-bond acceptors (Lipinski definition) is 5. The molecule has 0 fully saturated rings. The van der Waals surface area contributed by atoms with Crippen molar-refractivity contribution < 1.29 is 19.1 Å². The van der Waals surface area contributed by atoms with E-state index in [9.17, 15) is 14.4 Å². The molecule has 1 N–H and O–H groups in total. The number of ether oxygens (including phenoxy) is 1. The molecule has 3 heterocycles. The fraction of sp³-hybridized carbons (Fsp3) is 0.281. The number of para-hydroxylation sites is 2. The van der Waals surface area contributed by atoms with Gasteiger partial charge in [0, 0.05) is 43.9 Å². The van der Waals surface area contributed by atoms with Crippen molar-refractivity contribution in [3.05, 3.63) is 101 Å². The number of amides is 2. The zero-order valence-electron chi connectivity index (χ0n) is 22.7. The van der Waals surface area contributed by atoms with Crippen LogP contribution in [-0.4, -0.2) is 54.0 Å². The molecule has 40 heavy (non-hydrogen) atoms. The maximum Gasteiger partial charge on any atom is 0.328 e. The number of nitrogens with one attached hydrogen (secondary N) is 1. The monoisotopic (exact) mass is 536 g/mol. The van der Waals surface area contributed by atoms with Crippen LogP contribution in [0.1, 0.15) is 39.8 Å². The Kier molecular flexibility index (Phi) is 6.76. The highest BCUT2D eigenvalue weighted by Crippen LogP contribution is 2.44. The van der Waals surface area contributed by atoms with Gasteiger partial charge >= 0.3 is 5.97 Å². The molecule has 1 unspecified atom stereocenters. The van der Waals surface area contributed by atoms with Gasteiger partial charge in [0.15, 0.2) is 0 Å². The molecule has 0 saturated heterocycles. The molecule has 2 amide bonds. The van der Waals surface area contributed by atoms with Gasteiger partial charge in [0.05, 0.1) is 24.1 Å². The summed E-state index contributed by atoms with van der Waals surface area (Å²) in [4.78, 5) is 43.4. The minimum Gasteiger partial charge on any atom is -0.467 e. The van der Waals surface area contributed by atoms with Crippen molar-refractivity contribution in [2.75, 3.05) is 25.6 Å². The van der Waals surface area contributed by atoms with Gasteiger partial charge in [0.2, 0.25) is 5.91 Å². The Morgan fingerprint density at radius 1 is 1.00 bits per heavy atom. The third-order valence-electron chi connectivity index (χ3n) is 8.07. The van der Waals surface area contributed by atoms with E-state index in [1.165, 1.54) is 12.7 Å². The summed E-state index contributed by atoms with van der Waals surface area (Å²) in [6.07, 6.45) is 0.996. The Bertz CT molecular complexity index is 1600. The summed E-state index contributed by atoms with van der Waals surface area (Å²) >= 11 is 0. The van der Waals surface area contributed by atoms with Crippen molar-refractivity contribution in [3.63, 3.8) is 0 Å². The van der Waals surface area contributed by atoms with Crippen molar-refractivity contribution in [2.24, 2.45) is 0 Å². The van der Waals surface area contributed by atoms with Crippen LogP contribution in [-0.2, 0) is 33.7 Å². The third-order valence-corrected chi connectivity index (χ3v) is 8.07. The predicted octanol–water partition coefficient (Wildman–Crippen LogP) is 4.08. The minimum atomic E-state index is -0.774. The first-order chi connectivity index (χ1) is 19.5. The van der Waals surface area contributed by atoms with Gasteiger partial charge in [-0.25, -0.2) is 4.79 Å². The number of aromatic nitrogens is 1. The van der Waals surface area contributed by atoms with E-state index in [0.29, 0.717) is 25.1 Å². The summed E-state index contributed by atoms with van der Waals surface area (Å²) in [5.41, 5.74) is 5.84. The van der Waals surface area contributed by atoms with Crippen molar-refractivity contribution in [1.29, 1.82) is 0 Å². The normalized spacial score (nSPS) is 16.6. The SMILES string of the molecule is COC(=O)[C@H](Cc1ccccc1)NC(=O)CCn1c2c(c3ccccc31)CCN1C(=O)c3ccccc3N(C)C21. The van der Waals surface area contributed by atoms with Crippen LogP contribution in [0.15, 0.2) is 78.9 Å². The van der Waals surface area contributed by atoms with E-state index < -0.39 is 12.0 Å². The summed E-state index contributed by atoms with van der Waals surface area (Å²) < 4.78 is 7.16. The predicted molar refractivity (Wildman–Crippen MR) is 153 cm³/mol. The molecule has 6 rings (SSSR count). The van der Waals surface area contributed by atoms with Gasteiger partial charge in [0.1, 0.15) is 12.2 Å².